The fourth-order valence-corrected chi connectivity index (χ4v) is 3.63. The average molecular weight is 390 g/mol. The summed E-state index contributed by atoms with van der Waals surface area (Å²) in [4.78, 5) is 13.5. The number of rotatable bonds is 4. The van der Waals surface area contributed by atoms with Crippen molar-refractivity contribution >= 4 is 17.2 Å². The molecule has 2 aromatic heterocycles. The van der Waals surface area contributed by atoms with Crippen molar-refractivity contribution < 1.29 is 5.21 Å². The molecule has 1 fully saturated rings. The number of nitrogens with zero attached hydrogens (tertiary/aromatic N) is 7. The zero-order chi connectivity index (χ0) is 20.4. The van der Waals surface area contributed by atoms with Crippen LogP contribution in [0.4, 0.5) is 17.2 Å². The molecule has 1 aromatic carbocycles. The fourth-order valence-electron chi connectivity index (χ4n) is 3.63. The number of piperazine rings is 1. The second kappa shape index (κ2) is 7.77. The Morgan fingerprint density at radius 3 is 2.83 bits per heavy atom. The normalized spacial score (nSPS) is 16.6. The number of aromatic nitrogens is 4. The highest BCUT2D eigenvalue weighted by atomic mass is 16.5. The molecule has 1 unspecified atom stereocenters. The van der Waals surface area contributed by atoms with Crippen molar-refractivity contribution in [1.29, 1.82) is 5.26 Å². The van der Waals surface area contributed by atoms with E-state index >= 15 is 0 Å². The van der Waals surface area contributed by atoms with Crippen molar-refractivity contribution in [3.05, 3.63) is 48.4 Å². The lowest BCUT2D eigenvalue weighted by Gasteiger charge is -2.42. The van der Waals surface area contributed by atoms with Gasteiger partial charge in [-0.3, -0.25) is 15.4 Å². The molecule has 1 aliphatic rings. The van der Waals surface area contributed by atoms with E-state index < -0.39 is 0 Å². The number of nitrogens with one attached hydrogen (secondary N) is 1. The number of benzene rings is 1. The molecule has 0 aliphatic carbocycles. The summed E-state index contributed by atoms with van der Waals surface area (Å²) in [5, 5.41) is 22.9. The zero-order valence-corrected chi connectivity index (χ0v) is 16.3. The van der Waals surface area contributed by atoms with E-state index in [2.05, 4.69) is 38.4 Å². The zero-order valence-electron chi connectivity index (χ0n) is 16.3. The van der Waals surface area contributed by atoms with Gasteiger partial charge in [0.05, 0.1) is 23.6 Å². The molecule has 9 heteroatoms. The molecule has 2 N–H and O–H groups in total. The molecule has 29 heavy (non-hydrogen) atoms. The summed E-state index contributed by atoms with van der Waals surface area (Å²) >= 11 is 0. The molecule has 0 radical (unpaired) electrons. The van der Waals surface area contributed by atoms with Gasteiger partial charge in [0.25, 0.3) is 0 Å². The van der Waals surface area contributed by atoms with Crippen LogP contribution in [-0.4, -0.2) is 50.6 Å². The Hall–Kier alpha value is -3.64. The minimum atomic E-state index is 0.137. The van der Waals surface area contributed by atoms with Gasteiger partial charge in [0.15, 0.2) is 11.6 Å². The SMILES string of the molecule is CC1CN(c2cccc(NO)c2)CCN1c1nc(-c2cnn(C)c2)ncc1C#N. The molecule has 0 saturated carbocycles. The topological polar surface area (TPSA) is 106 Å². The predicted molar refractivity (Wildman–Crippen MR) is 110 cm³/mol. The largest absolute Gasteiger partial charge is 0.368 e. The number of hydrogen-bond acceptors (Lipinski definition) is 8. The first-order chi connectivity index (χ1) is 14.1. The maximum atomic E-state index is 9.57. The highest BCUT2D eigenvalue weighted by Gasteiger charge is 2.27. The summed E-state index contributed by atoms with van der Waals surface area (Å²) in [6.45, 7) is 4.38. The average Bonchev–Trinajstić information content (AvgIpc) is 3.19. The van der Waals surface area contributed by atoms with Crippen LogP contribution in [0, 0.1) is 11.3 Å². The first-order valence-corrected chi connectivity index (χ1v) is 9.37. The summed E-state index contributed by atoms with van der Waals surface area (Å²) in [5.41, 5.74) is 5.16. The third-order valence-corrected chi connectivity index (χ3v) is 5.09. The molecule has 1 atom stereocenters. The first kappa shape index (κ1) is 18.7. The van der Waals surface area contributed by atoms with Crippen molar-refractivity contribution in [2.24, 2.45) is 7.05 Å². The second-order valence-electron chi connectivity index (χ2n) is 7.10. The molecule has 3 heterocycles. The molecule has 0 spiro atoms. The van der Waals surface area contributed by atoms with Gasteiger partial charge in [0.1, 0.15) is 11.6 Å². The van der Waals surface area contributed by atoms with Crippen LogP contribution in [0.3, 0.4) is 0 Å². The highest BCUT2D eigenvalue weighted by molar-refractivity contribution is 5.63. The molecule has 3 aromatic rings. The van der Waals surface area contributed by atoms with Gasteiger partial charge in [0, 0.05) is 44.6 Å². The number of nitriles is 1. The van der Waals surface area contributed by atoms with E-state index in [1.807, 2.05) is 37.5 Å². The van der Waals surface area contributed by atoms with Gasteiger partial charge in [-0.05, 0) is 25.1 Å². The quantitative estimate of drug-likeness (QED) is 0.654. The van der Waals surface area contributed by atoms with Crippen LogP contribution in [0.5, 0.6) is 0 Å². The van der Waals surface area contributed by atoms with Gasteiger partial charge in [-0.15, -0.1) is 0 Å². The molecule has 9 nitrogen and oxygen atoms in total. The predicted octanol–water partition coefficient (Wildman–Crippen LogP) is 2.26. The van der Waals surface area contributed by atoms with Crippen molar-refractivity contribution in [2.75, 3.05) is 34.9 Å². The van der Waals surface area contributed by atoms with Crippen LogP contribution in [0.25, 0.3) is 11.4 Å². The summed E-state index contributed by atoms with van der Waals surface area (Å²) in [6.07, 6.45) is 5.16. The van der Waals surface area contributed by atoms with Crippen LogP contribution < -0.4 is 15.3 Å². The Morgan fingerprint density at radius 1 is 1.28 bits per heavy atom. The Kier molecular flexibility index (Phi) is 5.01. The number of anilines is 3. The molecule has 1 aliphatic heterocycles. The van der Waals surface area contributed by atoms with Crippen molar-refractivity contribution in [2.45, 2.75) is 13.0 Å². The lowest BCUT2D eigenvalue weighted by molar-refractivity contribution is 0.389. The lowest BCUT2D eigenvalue weighted by atomic mass is 10.1. The maximum Gasteiger partial charge on any atom is 0.164 e. The van der Waals surface area contributed by atoms with Crippen LogP contribution in [0.2, 0.25) is 0 Å². The van der Waals surface area contributed by atoms with Gasteiger partial charge in [-0.25, -0.2) is 9.97 Å². The van der Waals surface area contributed by atoms with E-state index in [0.717, 1.165) is 30.9 Å². The first-order valence-electron chi connectivity index (χ1n) is 9.37. The van der Waals surface area contributed by atoms with E-state index in [1.54, 1.807) is 17.1 Å². The van der Waals surface area contributed by atoms with Gasteiger partial charge < -0.3 is 9.80 Å². The van der Waals surface area contributed by atoms with E-state index in [9.17, 15) is 5.26 Å². The van der Waals surface area contributed by atoms with E-state index in [4.69, 9.17) is 10.2 Å². The minimum absolute atomic E-state index is 0.137. The Labute approximate surface area is 168 Å². The number of aryl methyl sites for hydroxylation is 1. The summed E-state index contributed by atoms with van der Waals surface area (Å²) in [5.74, 6) is 1.21. The summed E-state index contributed by atoms with van der Waals surface area (Å²) in [7, 11) is 1.84. The molecule has 0 amide bonds. The third-order valence-electron chi connectivity index (χ3n) is 5.09. The molecular weight excluding hydrogens is 368 g/mol. The summed E-state index contributed by atoms with van der Waals surface area (Å²) in [6, 6.07) is 10.0. The number of hydrogen-bond donors (Lipinski definition) is 2. The van der Waals surface area contributed by atoms with E-state index in [0.29, 0.717) is 22.9 Å². The lowest BCUT2D eigenvalue weighted by Crippen LogP contribution is -2.52. The second-order valence-corrected chi connectivity index (χ2v) is 7.10. The standard InChI is InChI=1S/C20H22N8O/c1-14-12-27(18-5-3-4-17(8-18)25-29)6-7-28(14)20-15(9-21)10-22-19(24-20)16-11-23-26(2)13-16/h3-5,8,10-11,13-14,25,29H,6-7,12H2,1-2H3. The molecule has 4 rings (SSSR count). The van der Waals surface area contributed by atoms with Gasteiger partial charge in [0.2, 0.25) is 0 Å². The monoisotopic (exact) mass is 390 g/mol. The summed E-state index contributed by atoms with van der Waals surface area (Å²) < 4.78 is 1.70. The minimum Gasteiger partial charge on any atom is -0.368 e. The fraction of sp³-hybridized carbons (Fsp3) is 0.300. The van der Waals surface area contributed by atoms with Crippen molar-refractivity contribution in [1.82, 2.24) is 19.7 Å². The Balaban J connectivity index is 1.60. The molecule has 0 bridgehead atoms. The highest BCUT2D eigenvalue weighted by Crippen LogP contribution is 2.28. The molecule has 148 valence electrons. The van der Waals surface area contributed by atoms with Crippen LogP contribution in [-0.2, 0) is 7.05 Å². The van der Waals surface area contributed by atoms with Gasteiger partial charge >= 0.3 is 0 Å². The van der Waals surface area contributed by atoms with Gasteiger partial charge in [-0.2, -0.15) is 10.4 Å². The van der Waals surface area contributed by atoms with Crippen LogP contribution in [0.15, 0.2) is 42.9 Å². The van der Waals surface area contributed by atoms with Crippen LogP contribution >= 0.6 is 0 Å². The van der Waals surface area contributed by atoms with Crippen molar-refractivity contribution in [3.8, 4) is 17.5 Å². The van der Waals surface area contributed by atoms with E-state index in [1.165, 1.54) is 0 Å². The van der Waals surface area contributed by atoms with Crippen molar-refractivity contribution in [3.63, 3.8) is 0 Å². The molecule has 1 saturated heterocycles. The smallest absolute Gasteiger partial charge is 0.164 e. The van der Waals surface area contributed by atoms with E-state index in [-0.39, 0.29) is 6.04 Å². The Bertz CT molecular complexity index is 1060. The maximum absolute atomic E-state index is 9.57. The van der Waals surface area contributed by atoms with Crippen LogP contribution in [0.1, 0.15) is 12.5 Å². The molecular formula is C20H22N8O. The third kappa shape index (κ3) is 3.70. The van der Waals surface area contributed by atoms with Gasteiger partial charge in [-0.1, -0.05) is 6.07 Å². The Morgan fingerprint density at radius 2 is 2.14 bits per heavy atom.